The third-order valence-electron chi connectivity index (χ3n) is 2.47. The third kappa shape index (κ3) is 3.60. The highest BCUT2D eigenvalue weighted by Gasteiger charge is 2.03. The second-order valence-corrected chi connectivity index (χ2v) is 5.50. The molecule has 94 valence electrons. The van der Waals surface area contributed by atoms with Crippen molar-refractivity contribution in [2.45, 2.75) is 6.42 Å². The zero-order chi connectivity index (χ0) is 13.0. The Morgan fingerprint density at radius 1 is 1.11 bits per heavy atom. The zero-order valence-corrected chi connectivity index (χ0v) is 12.6. The summed E-state index contributed by atoms with van der Waals surface area (Å²) in [5.41, 5.74) is 6.57. The highest BCUT2D eigenvalue weighted by molar-refractivity contribution is 14.1. The predicted molar refractivity (Wildman–Crippen MR) is 83.4 cm³/mol. The average Bonchev–Trinajstić information content (AvgIpc) is 2.33. The molecule has 2 rings (SSSR count). The third-order valence-corrected chi connectivity index (χ3v) is 3.49. The van der Waals surface area contributed by atoms with Gasteiger partial charge in [0.1, 0.15) is 11.5 Å². The Bertz CT molecular complexity index is 545. The first-order valence-electron chi connectivity index (χ1n) is 5.61. The maximum absolute atomic E-state index is 6.17. The number of nitrogens with two attached hydrogens (primary N) is 1. The van der Waals surface area contributed by atoms with Crippen molar-refractivity contribution in [3.63, 3.8) is 0 Å². The smallest absolute Gasteiger partial charge is 0.128 e. The minimum absolute atomic E-state index is 0.594. The molecule has 0 aliphatic heterocycles. The van der Waals surface area contributed by atoms with Gasteiger partial charge in [0.2, 0.25) is 0 Å². The Kier molecular flexibility index (Phi) is 4.86. The van der Waals surface area contributed by atoms with Crippen LogP contribution in [0.2, 0.25) is 5.02 Å². The molecular weight excluding hydrogens is 361 g/mol. The summed E-state index contributed by atoms with van der Waals surface area (Å²) in [6, 6.07) is 13.6. The van der Waals surface area contributed by atoms with E-state index in [1.807, 2.05) is 42.5 Å². The topological polar surface area (TPSA) is 35.2 Å². The fraction of sp³-hybridized carbons (Fsp3) is 0.143. The molecule has 2 aromatic rings. The summed E-state index contributed by atoms with van der Waals surface area (Å²) in [7, 11) is 0. The van der Waals surface area contributed by atoms with Gasteiger partial charge in [0.25, 0.3) is 0 Å². The number of hydrogen-bond donors (Lipinski definition) is 1. The van der Waals surface area contributed by atoms with Gasteiger partial charge in [0.05, 0.1) is 0 Å². The van der Waals surface area contributed by atoms with Crippen LogP contribution in [0.5, 0.6) is 11.5 Å². The molecule has 0 unspecified atom stereocenters. The Labute approximate surface area is 125 Å². The van der Waals surface area contributed by atoms with Gasteiger partial charge >= 0.3 is 0 Å². The SMILES string of the molecule is NCCc1ccc(Oc2cccc(I)c2)cc1Cl. The van der Waals surface area contributed by atoms with Crippen LogP contribution in [-0.4, -0.2) is 6.54 Å². The molecule has 0 heterocycles. The highest BCUT2D eigenvalue weighted by atomic mass is 127. The first-order valence-corrected chi connectivity index (χ1v) is 7.06. The van der Waals surface area contributed by atoms with Crippen molar-refractivity contribution in [2.24, 2.45) is 5.73 Å². The Hall–Kier alpha value is -0.780. The van der Waals surface area contributed by atoms with E-state index in [1.165, 1.54) is 0 Å². The standard InChI is InChI=1S/C14H13ClINO/c15-14-9-13(5-4-10(14)6-7-17)18-12-3-1-2-11(16)8-12/h1-5,8-9H,6-7,17H2. The van der Waals surface area contributed by atoms with Gasteiger partial charge in [0, 0.05) is 8.59 Å². The maximum Gasteiger partial charge on any atom is 0.128 e. The Morgan fingerprint density at radius 2 is 1.89 bits per heavy atom. The van der Waals surface area contributed by atoms with E-state index in [4.69, 9.17) is 22.1 Å². The summed E-state index contributed by atoms with van der Waals surface area (Å²) in [6.45, 7) is 0.594. The largest absolute Gasteiger partial charge is 0.457 e. The van der Waals surface area contributed by atoms with E-state index in [-0.39, 0.29) is 0 Å². The average molecular weight is 374 g/mol. The summed E-state index contributed by atoms with van der Waals surface area (Å²) >= 11 is 8.42. The molecule has 18 heavy (non-hydrogen) atoms. The Morgan fingerprint density at radius 3 is 2.56 bits per heavy atom. The lowest BCUT2D eigenvalue weighted by Gasteiger charge is -2.08. The quantitative estimate of drug-likeness (QED) is 0.814. The van der Waals surface area contributed by atoms with Gasteiger partial charge in [-0.3, -0.25) is 0 Å². The van der Waals surface area contributed by atoms with Crippen molar-refractivity contribution in [1.82, 2.24) is 0 Å². The van der Waals surface area contributed by atoms with Gasteiger partial charge in [-0.05, 0) is 71.5 Å². The van der Waals surface area contributed by atoms with Crippen LogP contribution in [0, 0.1) is 3.57 Å². The molecule has 0 fully saturated rings. The van der Waals surface area contributed by atoms with Crippen molar-refractivity contribution in [1.29, 1.82) is 0 Å². The number of halogens is 2. The van der Waals surface area contributed by atoms with Crippen molar-refractivity contribution >= 4 is 34.2 Å². The van der Waals surface area contributed by atoms with E-state index in [2.05, 4.69) is 22.6 Å². The van der Waals surface area contributed by atoms with Crippen LogP contribution in [0.3, 0.4) is 0 Å². The molecule has 0 aromatic heterocycles. The molecule has 0 saturated heterocycles. The minimum atomic E-state index is 0.594. The minimum Gasteiger partial charge on any atom is -0.457 e. The molecule has 2 aromatic carbocycles. The van der Waals surface area contributed by atoms with Gasteiger partial charge in [-0.2, -0.15) is 0 Å². The Balaban J connectivity index is 2.17. The molecule has 0 atom stereocenters. The highest BCUT2D eigenvalue weighted by Crippen LogP contribution is 2.27. The monoisotopic (exact) mass is 373 g/mol. The van der Waals surface area contributed by atoms with Crippen LogP contribution in [0.1, 0.15) is 5.56 Å². The van der Waals surface area contributed by atoms with E-state index < -0.39 is 0 Å². The molecular formula is C14H13ClINO. The van der Waals surface area contributed by atoms with Crippen molar-refractivity contribution < 1.29 is 4.74 Å². The lowest BCUT2D eigenvalue weighted by Crippen LogP contribution is -2.03. The predicted octanol–water partition coefficient (Wildman–Crippen LogP) is 4.24. The summed E-state index contributed by atoms with van der Waals surface area (Å²) < 4.78 is 6.89. The van der Waals surface area contributed by atoms with E-state index >= 15 is 0 Å². The van der Waals surface area contributed by atoms with Crippen LogP contribution in [-0.2, 0) is 6.42 Å². The van der Waals surface area contributed by atoms with Gasteiger partial charge in [-0.1, -0.05) is 23.7 Å². The van der Waals surface area contributed by atoms with Gasteiger partial charge in [-0.25, -0.2) is 0 Å². The summed E-state index contributed by atoms with van der Waals surface area (Å²) in [5.74, 6) is 1.55. The van der Waals surface area contributed by atoms with Crippen molar-refractivity contribution in [3.05, 3.63) is 56.6 Å². The molecule has 2 nitrogen and oxygen atoms in total. The van der Waals surface area contributed by atoms with Crippen LogP contribution < -0.4 is 10.5 Å². The first-order chi connectivity index (χ1) is 8.69. The molecule has 0 spiro atoms. The van der Waals surface area contributed by atoms with E-state index in [0.717, 1.165) is 27.1 Å². The van der Waals surface area contributed by atoms with Crippen LogP contribution in [0.15, 0.2) is 42.5 Å². The normalized spacial score (nSPS) is 10.4. The molecule has 4 heteroatoms. The maximum atomic E-state index is 6.17. The fourth-order valence-electron chi connectivity index (χ4n) is 1.62. The molecule has 0 saturated carbocycles. The number of ether oxygens (including phenoxy) is 1. The van der Waals surface area contributed by atoms with Crippen molar-refractivity contribution in [2.75, 3.05) is 6.54 Å². The molecule has 0 aliphatic carbocycles. The second kappa shape index (κ2) is 6.41. The first kappa shape index (κ1) is 13.6. The van der Waals surface area contributed by atoms with Crippen LogP contribution in [0.25, 0.3) is 0 Å². The van der Waals surface area contributed by atoms with Gasteiger partial charge in [0.15, 0.2) is 0 Å². The second-order valence-electron chi connectivity index (χ2n) is 3.85. The van der Waals surface area contributed by atoms with Crippen molar-refractivity contribution in [3.8, 4) is 11.5 Å². The van der Waals surface area contributed by atoms with Gasteiger partial charge in [-0.15, -0.1) is 0 Å². The molecule has 0 bridgehead atoms. The fourth-order valence-corrected chi connectivity index (χ4v) is 2.40. The van der Waals surface area contributed by atoms with E-state index in [9.17, 15) is 0 Å². The number of rotatable bonds is 4. The van der Waals surface area contributed by atoms with Gasteiger partial charge < -0.3 is 10.5 Å². The number of hydrogen-bond acceptors (Lipinski definition) is 2. The molecule has 0 amide bonds. The van der Waals surface area contributed by atoms with Crippen LogP contribution in [0.4, 0.5) is 0 Å². The summed E-state index contributed by atoms with van der Waals surface area (Å²) in [4.78, 5) is 0. The van der Waals surface area contributed by atoms with E-state index in [1.54, 1.807) is 0 Å². The lowest BCUT2D eigenvalue weighted by molar-refractivity contribution is 0.482. The summed E-state index contributed by atoms with van der Waals surface area (Å²) in [6.07, 6.45) is 0.780. The van der Waals surface area contributed by atoms with E-state index in [0.29, 0.717) is 11.6 Å². The lowest BCUT2D eigenvalue weighted by atomic mass is 10.1. The van der Waals surface area contributed by atoms with Crippen LogP contribution >= 0.6 is 34.2 Å². The zero-order valence-electron chi connectivity index (χ0n) is 9.70. The molecule has 0 aliphatic rings. The summed E-state index contributed by atoms with van der Waals surface area (Å²) in [5, 5.41) is 0.698. The molecule has 0 radical (unpaired) electrons. The molecule has 2 N–H and O–H groups in total. The number of benzene rings is 2.